The van der Waals surface area contributed by atoms with Crippen LogP contribution < -0.4 is 10.6 Å². The molecule has 0 saturated carbocycles. The molecule has 0 radical (unpaired) electrons. The molecule has 0 aliphatic carbocycles. The summed E-state index contributed by atoms with van der Waals surface area (Å²) >= 11 is 0. The Morgan fingerprint density at radius 3 is 2.76 bits per heavy atom. The van der Waals surface area contributed by atoms with E-state index in [0.717, 1.165) is 16.9 Å². The summed E-state index contributed by atoms with van der Waals surface area (Å²) < 4.78 is 0. The maximum absolute atomic E-state index is 11.9. The zero-order chi connectivity index (χ0) is 15.1. The predicted molar refractivity (Wildman–Crippen MR) is 85.4 cm³/mol. The third-order valence-electron chi connectivity index (χ3n) is 3.27. The fourth-order valence-electron chi connectivity index (χ4n) is 2.09. The van der Waals surface area contributed by atoms with Crippen LogP contribution in [0.25, 0.3) is 0 Å². The summed E-state index contributed by atoms with van der Waals surface area (Å²) in [5, 5.41) is 6.08. The number of aryl methyl sites for hydroxylation is 2. The highest BCUT2D eigenvalue weighted by atomic mass is 16.1. The molecule has 2 N–H and O–H groups in total. The molecule has 0 aliphatic rings. The average molecular weight is 283 g/mol. The normalized spacial score (nSPS) is 10.2. The topological polar surface area (TPSA) is 54.0 Å². The van der Waals surface area contributed by atoms with Gasteiger partial charge in [0, 0.05) is 19.3 Å². The molecule has 0 atom stereocenters. The van der Waals surface area contributed by atoms with E-state index in [1.165, 1.54) is 5.56 Å². The minimum absolute atomic E-state index is 0.0477. The molecule has 0 saturated heterocycles. The Bertz CT molecular complexity index is 596. The first-order valence-electron chi connectivity index (χ1n) is 7.13. The molecular weight excluding hydrogens is 262 g/mol. The third-order valence-corrected chi connectivity index (χ3v) is 3.27. The minimum Gasteiger partial charge on any atom is -0.368 e. The summed E-state index contributed by atoms with van der Waals surface area (Å²) in [4.78, 5) is 16.1. The predicted octanol–water partition coefficient (Wildman–Crippen LogP) is 2.47. The number of amides is 1. The summed E-state index contributed by atoms with van der Waals surface area (Å²) in [7, 11) is 0. The molecule has 2 rings (SSSR count). The highest BCUT2D eigenvalue weighted by Crippen LogP contribution is 2.11. The lowest BCUT2D eigenvalue weighted by Crippen LogP contribution is -2.30. The first-order valence-corrected chi connectivity index (χ1v) is 7.13. The molecule has 0 aliphatic heterocycles. The van der Waals surface area contributed by atoms with E-state index in [1.807, 2.05) is 32.0 Å². The number of anilines is 1. The number of benzene rings is 1. The summed E-state index contributed by atoms with van der Waals surface area (Å²) in [6.07, 6.45) is 2.17. The molecule has 1 heterocycles. The van der Waals surface area contributed by atoms with E-state index in [2.05, 4.69) is 33.8 Å². The fourth-order valence-corrected chi connectivity index (χ4v) is 2.09. The molecule has 0 spiro atoms. The lowest BCUT2D eigenvalue weighted by Gasteiger charge is -2.09. The molecule has 1 aromatic carbocycles. The molecule has 4 heteroatoms. The van der Waals surface area contributed by atoms with Crippen LogP contribution in [0, 0.1) is 13.8 Å². The second-order valence-electron chi connectivity index (χ2n) is 5.10. The van der Waals surface area contributed by atoms with Gasteiger partial charge in [-0.2, -0.15) is 0 Å². The van der Waals surface area contributed by atoms with Gasteiger partial charge in [0.05, 0.1) is 6.42 Å². The van der Waals surface area contributed by atoms with Gasteiger partial charge in [0.2, 0.25) is 5.91 Å². The zero-order valence-corrected chi connectivity index (χ0v) is 12.5. The second kappa shape index (κ2) is 7.43. The maximum Gasteiger partial charge on any atom is 0.224 e. The van der Waals surface area contributed by atoms with Gasteiger partial charge in [-0.05, 0) is 37.1 Å². The summed E-state index contributed by atoms with van der Waals surface area (Å²) in [5.41, 5.74) is 3.42. The van der Waals surface area contributed by atoms with E-state index in [1.54, 1.807) is 6.20 Å². The molecule has 0 fully saturated rings. The van der Waals surface area contributed by atoms with Crippen molar-refractivity contribution in [1.82, 2.24) is 10.3 Å². The summed E-state index contributed by atoms with van der Waals surface area (Å²) in [6.45, 7) is 5.32. The van der Waals surface area contributed by atoms with E-state index in [9.17, 15) is 4.79 Å². The van der Waals surface area contributed by atoms with Gasteiger partial charge in [-0.1, -0.05) is 29.8 Å². The van der Waals surface area contributed by atoms with Crippen molar-refractivity contribution in [2.75, 3.05) is 18.4 Å². The van der Waals surface area contributed by atoms with Crippen LogP contribution in [0.3, 0.4) is 0 Å². The Hall–Kier alpha value is -2.36. The summed E-state index contributed by atoms with van der Waals surface area (Å²) in [5.74, 6) is 0.868. The van der Waals surface area contributed by atoms with Gasteiger partial charge >= 0.3 is 0 Å². The number of hydrogen-bond acceptors (Lipinski definition) is 3. The lowest BCUT2D eigenvalue weighted by molar-refractivity contribution is -0.120. The number of nitrogens with one attached hydrogen (secondary N) is 2. The fraction of sp³-hybridized carbons (Fsp3) is 0.294. The van der Waals surface area contributed by atoms with E-state index >= 15 is 0 Å². The Morgan fingerprint density at radius 1 is 1.14 bits per heavy atom. The highest BCUT2D eigenvalue weighted by Gasteiger charge is 2.05. The van der Waals surface area contributed by atoms with Crippen molar-refractivity contribution in [3.8, 4) is 0 Å². The quantitative estimate of drug-likeness (QED) is 0.801. The van der Waals surface area contributed by atoms with Crippen LogP contribution in [0.15, 0.2) is 42.6 Å². The molecule has 21 heavy (non-hydrogen) atoms. The Kier molecular flexibility index (Phi) is 5.32. The van der Waals surface area contributed by atoms with Crippen LogP contribution in [0.1, 0.15) is 16.7 Å². The van der Waals surface area contributed by atoms with Crippen LogP contribution >= 0.6 is 0 Å². The number of nitrogens with zero attached hydrogens (tertiary/aromatic N) is 1. The molecular formula is C17H21N3O. The van der Waals surface area contributed by atoms with Gasteiger partial charge in [0.25, 0.3) is 0 Å². The number of carbonyl (C=O) groups is 1. The molecule has 1 aromatic heterocycles. The number of aromatic nitrogens is 1. The summed E-state index contributed by atoms with van der Waals surface area (Å²) in [6, 6.07) is 11.9. The number of pyridine rings is 1. The standard InChI is InChI=1S/C17H21N3O/c1-13-6-7-14(2)15(11-13)12-17(21)20-10-9-19-16-5-3-4-8-18-16/h3-8,11H,9-10,12H2,1-2H3,(H,18,19)(H,20,21). The number of rotatable bonds is 6. The maximum atomic E-state index is 11.9. The lowest BCUT2D eigenvalue weighted by atomic mass is 10.0. The van der Waals surface area contributed by atoms with Crippen molar-refractivity contribution in [3.63, 3.8) is 0 Å². The second-order valence-corrected chi connectivity index (χ2v) is 5.10. The Balaban J connectivity index is 1.74. The molecule has 110 valence electrons. The van der Waals surface area contributed by atoms with Gasteiger partial charge in [-0.15, -0.1) is 0 Å². The number of hydrogen-bond donors (Lipinski definition) is 2. The minimum atomic E-state index is 0.0477. The van der Waals surface area contributed by atoms with Gasteiger partial charge < -0.3 is 10.6 Å². The van der Waals surface area contributed by atoms with E-state index in [-0.39, 0.29) is 5.91 Å². The Labute approximate surface area is 125 Å². The van der Waals surface area contributed by atoms with Gasteiger partial charge in [0.1, 0.15) is 5.82 Å². The SMILES string of the molecule is Cc1ccc(C)c(CC(=O)NCCNc2ccccn2)c1. The van der Waals surface area contributed by atoms with Crippen LogP contribution in [0.5, 0.6) is 0 Å². The Morgan fingerprint density at radius 2 is 2.00 bits per heavy atom. The van der Waals surface area contributed by atoms with Crippen molar-refractivity contribution in [2.45, 2.75) is 20.3 Å². The molecule has 0 bridgehead atoms. The van der Waals surface area contributed by atoms with Crippen LogP contribution in [-0.2, 0) is 11.2 Å². The van der Waals surface area contributed by atoms with Crippen molar-refractivity contribution in [3.05, 3.63) is 59.3 Å². The first kappa shape index (κ1) is 15.0. The van der Waals surface area contributed by atoms with Gasteiger partial charge in [-0.3, -0.25) is 4.79 Å². The van der Waals surface area contributed by atoms with Gasteiger partial charge in [-0.25, -0.2) is 4.98 Å². The van der Waals surface area contributed by atoms with E-state index in [4.69, 9.17) is 0 Å². The molecule has 4 nitrogen and oxygen atoms in total. The smallest absolute Gasteiger partial charge is 0.224 e. The molecule has 1 amide bonds. The number of carbonyl (C=O) groups excluding carboxylic acids is 1. The van der Waals surface area contributed by atoms with E-state index in [0.29, 0.717) is 19.5 Å². The molecule has 2 aromatic rings. The van der Waals surface area contributed by atoms with Crippen molar-refractivity contribution in [2.24, 2.45) is 0 Å². The van der Waals surface area contributed by atoms with Crippen molar-refractivity contribution in [1.29, 1.82) is 0 Å². The highest BCUT2D eigenvalue weighted by molar-refractivity contribution is 5.79. The monoisotopic (exact) mass is 283 g/mol. The third kappa shape index (κ3) is 4.91. The largest absolute Gasteiger partial charge is 0.368 e. The van der Waals surface area contributed by atoms with Gasteiger partial charge in [0.15, 0.2) is 0 Å². The van der Waals surface area contributed by atoms with Crippen LogP contribution in [0.4, 0.5) is 5.82 Å². The van der Waals surface area contributed by atoms with Crippen molar-refractivity contribution >= 4 is 11.7 Å². The van der Waals surface area contributed by atoms with Crippen LogP contribution in [-0.4, -0.2) is 24.0 Å². The molecule has 0 unspecified atom stereocenters. The van der Waals surface area contributed by atoms with E-state index < -0.39 is 0 Å². The van der Waals surface area contributed by atoms with Crippen LogP contribution in [0.2, 0.25) is 0 Å². The first-order chi connectivity index (χ1) is 10.1. The zero-order valence-electron chi connectivity index (χ0n) is 12.5. The average Bonchev–Trinajstić information content (AvgIpc) is 2.48. The van der Waals surface area contributed by atoms with Crippen molar-refractivity contribution < 1.29 is 4.79 Å².